The Kier molecular flexibility index (Phi) is 4.23. The number of carboxylic acid groups (broad SMARTS) is 1. The summed E-state index contributed by atoms with van der Waals surface area (Å²) in [7, 11) is 0. The molecule has 1 aromatic carbocycles. The van der Waals surface area contributed by atoms with Crippen LogP contribution in [0.5, 0.6) is 5.75 Å². The molecule has 2 rings (SSSR count). The van der Waals surface area contributed by atoms with Crippen LogP contribution < -0.4 is 0 Å². The fourth-order valence-corrected chi connectivity index (χ4v) is 3.62. The normalized spacial score (nSPS) is 22.0. The van der Waals surface area contributed by atoms with E-state index in [-0.39, 0.29) is 17.0 Å². The number of rotatable bonds is 3. The van der Waals surface area contributed by atoms with E-state index in [9.17, 15) is 19.8 Å². The first-order valence-electron chi connectivity index (χ1n) is 6.42. The summed E-state index contributed by atoms with van der Waals surface area (Å²) in [5.74, 6) is -0.731. The first-order chi connectivity index (χ1) is 9.45. The predicted octanol–water partition coefficient (Wildman–Crippen LogP) is 2.08. The number of aryl methyl sites for hydroxylation is 1. The van der Waals surface area contributed by atoms with Crippen LogP contribution in [0.3, 0.4) is 0 Å². The van der Waals surface area contributed by atoms with Crippen LogP contribution in [0.2, 0.25) is 0 Å². The number of hydrogen-bond acceptors (Lipinski definition) is 4. The van der Waals surface area contributed by atoms with Crippen LogP contribution in [-0.4, -0.2) is 44.2 Å². The van der Waals surface area contributed by atoms with Crippen molar-refractivity contribution in [3.63, 3.8) is 0 Å². The number of hydrogen-bond donors (Lipinski definition) is 2. The highest BCUT2D eigenvalue weighted by Gasteiger charge is 2.41. The lowest BCUT2D eigenvalue weighted by Gasteiger charge is -2.26. The van der Waals surface area contributed by atoms with Gasteiger partial charge in [0.2, 0.25) is 0 Å². The van der Waals surface area contributed by atoms with E-state index in [4.69, 9.17) is 0 Å². The van der Waals surface area contributed by atoms with Crippen molar-refractivity contribution in [2.45, 2.75) is 31.7 Å². The van der Waals surface area contributed by atoms with Crippen molar-refractivity contribution in [3.8, 4) is 5.75 Å². The smallest absolute Gasteiger partial charge is 0.327 e. The summed E-state index contributed by atoms with van der Waals surface area (Å²) in [5, 5.41) is 18.6. The van der Waals surface area contributed by atoms with Crippen molar-refractivity contribution in [3.05, 3.63) is 29.3 Å². The van der Waals surface area contributed by atoms with Crippen LogP contribution in [0.25, 0.3) is 0 Å². The number of benzene rings is 1. The van der Waals surface area contributed by atoms with Gasteiger partial charge in [0, 0.05) is 11.3 Å². The summed E-state index contributed by atoms with van der Waals surface area (Å²) >= 11 is 1.49. The van der Waals surface area contributed by atoms with Crippen LogP contribution >= 0.6 is 11.8 Å². The summed E-state index contributed by atoms with van der Waals surface area (Å²) in [6, 6.07) is 3.79. The number of nitrogens with zero attached hydrogens (tertiary/aromatic N) is 1. The lowest BCUT2D eigenvalue weighted by Crippen LogP contribution is -2.45. The molecule has 108 valence electrons. The molecular weight excluding hydrogens is 278 g/mol. The molecule has 0 spiro atoms. The van der Waals surface area contributed by atoms with Crippen LogP contribution in [0.1, 0.15) is 29.3 Å². The van der Waals surface area contributed by atoms with Gasteiger partial charge in [0.25, 0.3) is 5.91 Å². The average molecular weight is 295 g/mol. The van der Waals surface area contributed by atoms with Crippen LogP contribution in [0, 0.1) is 6.92 Å². The third-order valence-corrected chi connectivity index (χ3v) is 4.86. The summed E-state index contributed by atoms with van der Waals surface area (Å²) in [5.41, 5.74) is 1.01. The highest BCUT2D eigenvalue weighted by molar-refractivity contribution is 8.00. The Morgan fingerprint density at radius 2 is 2.15 bits per heavy atom. The van der Waals surface area contributed by atoms with Gasteiger partial charge < -0.3 is 15.1 Å². The maximum absolute atomic E-state index is 12.6. The molecule has 0 radical (unpaired) electrons. The fourth-order valence-electron chi connectivity index (χ4n) is 2.28. The number of carboxylic acids is 1. The van der Waals surface area contributed by atoms with Crippen molar-refractivity contribution < 1.29 is 19.8 Å². The Bertz CT molecular complexity index is 546. The molecule has 1 amide bonds. The van der Waals surface area contributed by atoms with Crippen molar-refractivity contribution in [1.29, 1.82) is 0 Å². The van der Waals surface area contributed by atoms with E-state index < -0.39 is 12.0 Å². The van der Waals surface area contributed by atoms with Crippen LogP contribution in [0.15, 0.2) is 18.2 Å². The molecule has 1 saturated heterocycles. The summed E-state index contributed by atoms with van der Waals surface area (Å²) in [4.78, 5) is 25.3. The first-order valence-corrected chi connectivity index (χ1v) is 7.47. The molecule has 1 fully saturated rings. The minimum Gasteiger partial charge on any atom is -0.508 e. The molecule has 2 atom stereocenters. The molecular formula is C14H17NO4S. The number of thioether (sulfide) groups is 1. The highest BCUT2D eigenvalue weighted by atomic mass is 32.2. The van der Waals surface area contributed by atoms with Crippen molar-refractivity contribution in [2.24, 2.45) is 0 Å². The van der Waals surface area contributed by atoms with Gasteiger partial charge in [0.1, 0.15) is 11.8 Å². The number of carbonyl (C=O) groups is 2. The Morgan fingerprint density at radius 3 is 2.70 bits per heavy atom. The van der Waals surface area contributed by atoms with E-state index in [0.29, 0.717) is 23.3 Å². The van der Waals surface area contributed by atoms with Gasteiger partial charge in [-0.25, -0.2) is 4.79 Å². The maximum Gasteiger partial charge on any atom is 0.327 e. The Morgan fingerprint density at radius 1 is 1.45 bits per heavy atom. The highest BCUT2D eigenvalue weighted by Crippen LogP contribution is 2.33. The van der Waals surface area contributed by atoms with E-state index in [1.54, 1.807) is 13.0 Å². The molecule has 5 nitrogen and oxygen atoms in total. The van der Waals surface area contributed by atoms with Crippen LogP contribution in [-0.2, 0) is 4.79 Å². The SMILES string of the molecule is CCC1SCC(C(=O)O)N1C(=O)c1ccc(O)c(C)c1. The first kappa shape index (κ1) is 14.7. The van der Waals surface area contributed by atoms with E-state index >= 15 is 0 Å². The lowest BCUT2D eigenvalue weighted by atomic mass is 10.1. The van der Waals surface area contributed by atoms with Gasteiger partial charge >= 0.3 is 5.97 Å². The molecule has 1 aliphatic rings. The third-order valence-electron chi connectivity index (χ3n) is 3.41. The Hall–Kier alpha value is -1.69. The Labute approximate surface area is 121 Å². The van der Waals surface area contributed by atoms with E-state index in [0.717, 1.165) is 0 Å². The topological polar surface area (TPSA) is 77.8 Å². The minimum atomic E-state index is -0.975. The number of phenolic OH excluding ortho intramolecular Hbond substituents is 1. The average Bonchev–Trinajstić information content (AvgIpc) is 2.85. The molecule has 6 heteroatoms. The van der Waals surface area contributed by atoms with Gasteiger partial charge in [-0.15, -0.1) is 11.8 Å². The van der Waals surface area contributed by atoms with Gasteiger partial charge in [-0.05, 0) is 37.1 Å². The molecule has 0 bridgehead atoms. The molecule has 1 heterocycles. The predicted molar refractivity (Wildman–Crippen MR) is 77.0 cm³/mol. The maximum atomic E-state index is 12.6. The molecule has 0 saturated carbocycles. The second-order valence-electron chi connectivity index (χ2n) is 4.76. The summed E-state index contributed by atoms with van der Waals surface area (Å²) < 4.78 is 0. The molecule has 20 heavy (non-hydrogen) atoms. The number of aromatic hydroxyl groups is 1. The quantitative estimate of drug-likeness (QED) is 0.892. The van der Waals surface area contributed by atoms with Gasteiger partial charge in [0.15, 0.2) is 0 Å². The number of aliphatic carboxylic acids is 1. The lowest BCUT2D eigenvalue weighted by molar-refractivity contribution is -0.141. The summed E-state index contributed by atoms with van der Waals surface area (Å²) in [6.45, 7) is 3.64. The second kappa shape index (κ2) is 5.75. The standard InChI is InChI=1S/C14H17NO4S/c1-3-12-15(10(7-20-12)14(18)19)13(17)9-4-5-11(16)8(2)6-9/h4-6,10,12,16H,3,7H2,1-2H3,(H,18,19). The molecule has 0 aromatic heterocycles. The monoisotopic (exact) mass is 295 g/mol. The third kappa shape index (κ3) is 2.60. The number of carbonyl (C=O) groups excluding carboxylic acids is 1. The van der Waals surface area contributed by atoms with Gasteiger partial charge in [-0.3, -0.25) is 4.79 Å². The number of amides is 1. The zero-order valence-corrected chi connectivity index (χ0v) is 12.2. The van der Waals surface area contributed by atoms with Crippen molar-refractivity contribution in [2.75, 3.05) is 5.75 Å². The van der Waals surface area contributed by atoms with Gasteiger partial charge in [-0.1, -0.05) is 6.92 Å². The molecule has 0 aliphatic carbocycles. The zero-order valence-electron chi connectivity index (χ0n) is 11.4. The zero-order chi connectivity index (χ0) is 14.9. The van der Waals surface area contributed by atoms with E-state index in [1.807, 2.05) is 6.92 Å². The van der Waals surface area contributed by atoms with Crippen molar-refractivity contribution >= 4 is 23.6 Å². The largest absolute Gasteiger partial charge is 0.508 e. The molecule has 2 unspecified atom stereocenters. The van der Waals surface area contributed by atoms with Crippen molar-refractivity contribution in [1.82, 2.24) is 4.90 Å². The van der Waals surface area contributed by atoms with Gasteiger partial charge in [0.05, 0.1) is 5.37 Å². The van der Waals surface area contributed by atoms with E-state index in [2.05, 4.69) is 0 Å². The summed E-state index contributed by atoms with van der Waals surface area (Å²) in [6.07, 6.45) is 0.706. The fraction of sp³-hybridized carbons (Fsp3) is 0.429. The number of phenols is 1. The van der Waals surface area contributed by atoms with Gasteiger partial charge in [-0.2, -0.15) is 0 Å². The Balaban J connectivity index is 2.33. The van der Waals surface area contributed by atoms with Crippen LogP contribution in [0.4, 0.5) is 0 Å². The van der Waals surface area contributed by atoms with E-state index in [1.165, 1.54) is 28.8 Å². The minimum absolute atomic E-state index is 0.113. The molecule has 1 aliphatic heterocycles. The second-order valence-corrected chi connectivity index (χ2v) is 5.97. The molecule has 2 N–H and O–H groups in total. The molecule has 1 aromatic rings.